The lowest BCUT2D eigenvalue weighted by molar-refractivity contribution is -0.120. The maximum absolute atomic E-state index is 11.2. The highest BCUT2D eigenvalue weighted by Crippen LogP contribution is 2.04. The van der Waals surface area contributed by atoms with Gasteiger partial charge in [0.25, 0.3) is 0 Å². The number of hydrogen-bond donors (Lipinski definition) is 2. The van der Waals surface area contributed by atoms with Crippen LogP contribution in [0.15, 0.2) is 0 Å². The minimum atomic E-state index is -0.287. The molecule has 0 aliphatic rings. The largest absolute Gasteiger partial charge is 0.393 e. The summed E-state index contributed by atoms with van der Waals surface area (Å²) in [6.07, 6.45) is 3.01. The van der Waals surface area contributed by atoms with Crippen LogP contribution in [-0.2, 0) is 4.79 Å². The molecule has 0 aliphatic heterocycles. The molecule has 1 amide bonds. The molecule has 4 heteroatoms. The second-order valence-electron chi connectivity index (χ2n) is 3.02. The first-order valence-electron chi connectivity index (χ1n) is 4.60. The molecule has 0 aromatic heterocycles. The van der Waals surface area contributed by atoms with Gasteiger partial charge in [-0.05, 0) is 26.0 Å². The van der Waals surface area contributed by atoms with Crippen LogP contribution in [0, 0.1) is 0 Å². The van der Waals surface area contributed by atoms with E-state index in [4.69, 9.17) is 0 Å². The number of thioether (sulfide) groups is 1. The Hall–Kier alpha value is -0.220. The van der Waals surface area contributed by atoms with Gasteiger partial charge in [0.05, 0.1) is 11.4 Å². The molecule has 13 heavy (non-hydrogen) atoms. The third kappa shape index (κ3) is 5.93. The maximum Gasteiger partial charge on any atom is 0.232 e. The quantitative estimate of drug-likeness (QED) is 0.680. The van der Waals surface area contributed by atoms with Crippen molar-refractivity contribution in [2.24, 2.45) is 0 Å². The average molecular weight is 205 g/mol. The van der Waals surface area contributed by atoms with E-state index in [1.54, 1.807) is 0 Å². The summed E-state index contributed by atoms with van der Waals surface area (Å²) < 4.78 is 0. The Morgan fingerprint density at radius 3 is 2.69 bits per heavy atom. The van der Waals surface area contributed by atoms with Crippen molar-refractivity contribution in [1.82, 2.24) is 5.32 Å². The van der Waals surface area contributed by atoms with Crippen LogP contribution in [0.25, 0.3) is 0 Å². The number of nitrogens with one attached hydrogen (secondary N) is 1. The maximum atomic E-state index is 11.2. The van der Waals surface area contributed by atoms with E-state index in [1.807, 2.05) is 20.1 Å². The van der Waals surface area contributed by atoms with E-state index in [1.165, 1.54) is 11.8 Å². The van der Waals surface area contributed by atoms with Crippen molar-refractivity contribution in [3.05, 3.63) is 0 Å². The van der Waals surface area contributed by atoms with E-state index in [0.717, 1.165) is 6.42 Å². The predicted octanol–water partition coefficient (Wildman–Crippen LogP) is 1.02. The minimum absolute atomic E-state index is 0.00114. The van der Waals surface area contributed by atoms with Crippen LogP contribution >= 0.6 is 11.8 Å². The predicted molar refractivity (Wildman–Crippen MR) is 56.9 cm³/mol. The van der Waals surface area contributed by atoms with Gasteiger partial charge in [-0.1, -0.05) is 6.92 Å². The summed E-state index contributed by atoms with van der Waals surface area (Å²) in [6.45, 7) is 4.37. The topological polar surface area (TPSA) is 49.3 Å². The molecule has 2 unspecified atom stereocenters. The van der Waals surface area contributed by atoms with Gasteiger partial charge in [-0.15, -0.1) is 0 Å². The summed E-state index contributed by atoms with van der Waals surface area (Å²) in [6, 6.07) is 0. The Balaban J connectivity index is 3.47. The fourth-order valence-corrected chi connectivity index (χ4v) is 1.11. The zero-order chi connectivity index (χ0) is 10.3. The zero-order valence-electron chi connectivity index (χ0n) is 8.54. The van der Waals surface area contributed by atoms with Gasteiger partial charge >= 0.3 is 0 Å². The van der Waals surface area contributed by atoms with E-state index in [0.29, 0.717) is 13.0 Å². The van der Waals surface area contributed by atoms with E-state index >= 15 is 0 Å². The van der Waals surface area contributed by atoms with Crippen molar-refractivity contribution >= 4 is 17.7 Å². The third-order valence-electron chi connectivity index (χ3n) is 1.97. The first-order chi connectivity index (χ1) is 6.11. The molecule has 0 rings (SSSR count). The molecule has 0 saturated carbocycles. The van der Waals surface area contributed by atoms with Crippen LogP contribution in [-0.4, -0.2) is 35.2 Å². The van der Waals surface area contributed by atoms with Crippen LogP contribution in [0.2, 0.25) is 0 Å². The van der Waals surface area contributed by atoms with Crippen LogP contribution in [0.3, 0.4) is 0 Å². The van der Waals surface area contributed by atoms with E-state index < -0.39 is 0 Å². The Morgan fingerprint density at radius 1 is 1.62 bits per heavy atom. The first kappa shape index (κ1) is 12.8. The van der Waals surface area contributed by atoms with Crippen molar-refractivity contribution in [1.29, 1.82) is 0 Å². The van der Waals surface area contributed by atoms with Gasteiger partial charge in [-0.2, -0.15) is 11.8 Å². The van der Waals surface area contributed by atoms with Gasteiger partial charge in [-0.25, -0.2) is 0 Å². The normalized spacial score (nSPS) is 15.1. The molecule has 3 nitrogen and oxygen atoms in total. The van der Waals surface area contributed by atoms with Crippen LogP contribution in [0.5, 0.6) is 0 Å². The lowest BCUT2D eigenvalue weighted by Crippen LogP contribution is -2.32. The third-order valence-corrected chi connectivity index (χ3v) is 2.89. The summed E-state index contributed by atoms with van der Waals surface area (Å²) in [5.41, 5.74) is 0. The van der Waals surface area contributed by atoms with Crippen molar-refractivity contribution in [2.75, 3.05) is 12.8 Å². The van der Waals surface area contributed by atoms with Crippen LogP contribution < -0.4 is 5.32 Å². The molecule has 0 aromatic carbocycles. The van der Waals surface area contributed by atoms with Gasteiger partial charge in [0.2, 0.25) is 5.91 Å². The molecule has 0 fully saturated rings. The number of hydrogen-bond acceptors (Lipinski definition) is 3. The van der Waals surface area contributed by atoms with Gasteiger partial charge in [0.15, 0.2) is 0 Å². The Kier molecular flexibility index (Phi) is 7.09. The van der Waals surface area contributed by atoms with E-state index in [2.05, 4.69) is 5.32 Å². The fourth-order valence-electron chi connectivity index (χ4n) is 0.817. The number of carbonyl (C=O) groups is 1. The smallest absolute Gasteiger partial charge is 0.232 e. The Bertz CT molecular complexity index is 153. The number of aliphatic hydroxyl groups excluding tert-OH is 1. The van der Waals surface area contributed by atoms with E-state index in [9.17, 15) is 9.90 Å². The van der Waals surface area contributed by atoms with Crippen molar-refractivity contribution in [3.63, 3.8) is 0 Å². The van der Waals surface area contributed by atoms with Crippen LogP contribution in [0.1, 0.15) is 26.7 Å². The molecule has 78 valence electrons. The van der Waals surface area contributed by atoms with Gasteiger partial charge in [-0.3, -0.25) is 4.79 Å². The monoisotopic (exact) mass is 205 g/mol. The van der Waals surface area contributed by atoms with Crippen molar-refractivity contribution in [3.8, 4) is 0 Å². The lowest BCUT2D eigenvalue weighted by atomic mass is 10.2. The van der Waals surface area contributed by atoms with Crippen LogP contribution in [0.4, 0.5) is 0 Å². The zero-order valence-corrected chi connectivity index (χ0v) is 9.36. The molecule has 0 spiro atoms. The molecule has 0 aromatic rings. The van der Waals surface area contributed by atoms with Gasteiger partial charge < -0.3 is 10.4 Å². The molecular weight excluding hydrogens is 186 g/mol. The second-order valence-corrected chi connectivity index (χ2v) is 4.20. The molecule has 0 saturated heterocycles. The number of aliphatic hydroxyl groups is 1. The van der Waals surface area contributed by atoms with Gasteiger partial charge in [0, 0.05) is 6.54 Å². The standard InChI is InChI=1S/C9H19NO2S/c1-4-8(11)5-6-10-9(12)7(2)13-3/h7-8,11H,4-6H2,1-3H3,(H,10,12). The molecular formula is C9H19NO2S. The van der Waals surface area contributed by atoms with Gasteiger partial charge in [0.1, 0.15) is 0 Å². The fraction of sp³-hybridized carbons (Fsp3) is 0.889. The number of rotatable bonds is 6. The highest BCUT2D eigenvalue weighted by Gasteiger charge is 2.10. The van der Waals surface area contributed by atoms with Crippen molar-refractivity contribution in [2.45, 2.75) is 38.0 Å². The summed E-state index contributed by atoms with van der Waals surface area (Å²) in [7, 11) is 0. The number of amides is 1. The molecule has 0 bridgehead atoms. The molecule has 0 aliphatic carbocycles. The van der Waals surface area contributed by atoms with Crippen molar-refractivity contribution < 1.29 is 9.90 Å². The summed E-state index contributed by atoms with van der Waals surface area (Å²) in [5.74, 6) is 0.0517. The molecule has 2 N–H and O–H groups in total. The van der Waals surface area contributed by atoms with E-state index in [-0.39, 0.29) is 17.3 Å². The Labute approximate surface area is 84.3 Å². The lowest BCUT2D eigenvalue weighted by Gasteiger charge is -2.11. The molecule has 0 heterocycles. The molecule has 2 atom stereocenters. The minimum Gasteiger partial charge on any atom is -0.393 e. The second kappa shape index (κ2) is 7.21. The SMILES string of the molecule is CCC(O)CCNC(=O)C(C)SC. The highest BCUT2D eigenvalue weighted by molar-refractivity contribution is 7.99. The Morgan fingerprint density at radius 2 is 2.23 bits per heavy atom. The first-order valence-corrected chi connectivity index (χ1v) is 5.89. The highest BCUT2D eigenvalue weighted by atomic mass is 32.2. The summed E-state index contributed by atoms with van der Waals surface area (Å²) in [5, 5.41) is 12.0. The molecule has 0 radical (unpaired) electrons. The average Bonchev–Trinajstić information content (AvgIpc) is 2.15. The summed E-state index contributed by atoms with van der Waals surface area (Å²) in [4.78, 5) is 11.2. The summed E-state index contributed by atoms with van der Waals surface area (Å²) >= 11 is 1.52. The number of carbonyl (C=O) groups excluding carboxylic acids is 1.